The highest BCUT2D eigenvalue weighted by atomic mass is 16.3. The predicted octanol–water partition coefficient (Wildman–Crippen LogP) is -1.44. The van der Waals surface area contributed by atoms with Crippen LogP contribution in [0.15, 0.2) is 12.1 Å². The molecular formula is C23H24N2O9. The molecular weight excluding hydrogens is 448 g/mol. The van der Waals surface area contributed by atoms with Gasteiger partial charge in [-0.05, 0) is 23.6 Å². The lowest BCUT2D eigenvalue weighted by Gasteiger charge is -2.53. The standard InChI is InChI=1S/C23H24N2O9/c1-7-12-8(22(33)25(2)3)4-5-10(26)14(12)18(29)16-13(7)17(28)9-6-11(27)15(21(24)32)19(30)23(9,34)20(16)31/h4-5,7,9,13,15-17,26,28,34H,6H2,1-3H3,(H2,24,32)/t7-,9+,13+,15?,16?,17+,23+/m0/s1. The Morgan fingerprint density at radius 3 is 2.29 bits per heavy atom. The van der Waals surface area contributed by atoms with Crippen LogP contribution < -0.4 is 5.73 Å². The number of hydrogen-bond acceptors (Lipinski definition) is 9. The fourth-order valence-corrected chi connectivity index (χ4v) is 5.86. The topological polar surface area (TPSA) is 192 Å². The van der Waals surface area contributed by atoms with E-state index in [9.17, 15) is 44.1 Å². The van der Waals surface area contributed by atoms with E-state index >= 15 is 0 Å². The molecule has 0 aromatic heterocycles. The molecule has 0 saturated heterocycles. The SMILES string of the molecule is C[C@H]1c2c(C(=O)N(C)C)ccc(O)c2C(=O)C2C(=O)[C@]3(O)C(=O)C(C(N)=O)C(=O)C[C@@H]3[C@@H](O)[C@@H]21. The summed E-state index contributed by atoms with van der Waals surface area (Å²) in [7, 11) is 2.99. The third-order valence-corrected chi connectivity index (χ3v) is 7.47. The molecule has 0 heterocycles. The quantitative estimate of drug-likeness (QED) is 0.373. The second-order valence-electron chi connectivity index (χ2n) is 9.43. The first-order valence-electron chi connectivity index (χ1n) is 10.7. The number of ketones is 4. The number of aromatic hydroxyl groups is 1. The zero-order valence-corrected chi connectivity index (χ0v) is 18.6. The van der Waals surface area contributed by atoms with Crippen molar-refractivity contribution in [3.63, 3.8) is 0 Å². The molecule has 2 unspecified atom stereocenters. The summed E-state index contributed by atoms with van der Waals surface area (Å²) in [4.78, 5) is 78.2. The fraction of sp³-hybridized carbons (Fsp3) is 0.478. The summed E-state index contributed by atoms with van der Waals surface area (Å²) in [5.74, 6) is -14.4. The maximum absolute atomic E-state index is 13.5. The van der Waals surface area contributed by atoms with Gasteiger partial charge in [-0.15, -0.1) is 0 Å². The number of Topliss-reactive ketones (excluding diaryl/α,β-unsaturated/α-hetero) is 4. The van der Waals surface area contributed by atoms with Crippen LogP contribution in [0.5, 0.6) is 5.75 Å². The number of benzene rings is 1. The fourth-order valence-electron chi connectivity index (χ4n) is 5.86. The van der Waals surface area contributed by atoms with Gasteiger partial charge in [-0.1, -0.05) is 6.92 Å². The molecule has 11 heteroatoms. The van der Waals surface area contributed by atoms with Gasteiger partial charge < -0.3 is 26.0 Å². The number of amides is 2. The largest absolute Gasteiger partial charge is 0.507 e. The van der Waals surface area contributed by atoms with E-state index in [1.165, 1.54) is 25.1 Å². The Labute approximate surface area is 193 Å². The molecule has 0 radical (unpaired) electrons. The van der Waals surface area contributed by atoms with Crippen molar-refractivity contribution >= 4 is 34.9 Å². The lowest BCUT2D eigenvalue weighted by molar-refractivity contribution is -0.189. The number of nitrogens with zero attached hydrogens (tertiary/aromatic N) is 1. The molecule has 180 valence electrons. The van der Waals surface area contributed by atoms with Crippen LogP contribution in [0.4, 0.5) is 0 Å². The van der Waals surface area contributed by atoms with Crippen LogP contribution in [0.25, 0.3) is 0 Å². The van der Waals surface area contributed by atoms with Gasteiger partial charge in [-0.2, -0.15) is 0 Å². The third kappa shape index (κ3) is 2.83. The Morgan fingerprint density at radius 2 is 1.74 bits per heavy atom. The van der Waals surface area contributed by atoms with Gasteiger partial charge in [-0.3, -0.25) is 28.8 Å². The van der Waals surface area contributed by atoms with Crippen molar-refractivity contribution in [3.05, 3.63) is 28.8 Å². The van der Waals surface area contributed by atoms with Crippen LogP contribution in [-0.4, -0.2) is 81.0 Å². The van der Waals surface area contributed by atoms with Gasteiger partial charge in [0.1, 0.15) is 5.75 Å². The first-order valence-corrected chi connectivity index (χ1v) is 10.7. The smallest absolute Gasteiger partial charge is 0.253 e. The Kier molecular flexibility index (Phi) is 5.26. The molecule has 0 bridgehead atoms. The van der Waals surface area contributed by atoms with Gasteiger partial charge in [0.15, 0.2) is 34.7 Å². The molecule has 0 spiro atoms. The number of phenols is 1. The van der Waals surface area contributed by atoms with Gasteiger partial charge >= 0.3 is 0 Å². The molecule has 34 heavy (non-hydrogen) atoms. The maximum Gasteiger partial charge on any atom is 0.253 e. The average Bonchev–Trinajstić information content (AvgIpc) is 2.75. The van der Waals surface area contributed by atoms with Gasteiger partial charge in [0.2, 0.25) is 5.91 Å². The predicted molar refractivity (Wildman–Crippen MR) is 113 cm³/mol. The molecule has 2 fully saturated rings. The van der Waals surface area contributed by atoms with E-state index in [4.69, 9.17) is 5.73 Å². The lowest BCUT2D eigenvalue weighted by atomic mass is 9.50. The van der Waals surface area contributed by atoms with Crippen molar-refractivity contribution in [2.75, 3.05) is 14.1 Å². The van der Waals surface area contributed by atoms with E-state index in [-0.39, 0.29) is 16.7 Å². The van der Waals surface area contributed by atoms with Gasteiger partial charge in [0.25, 0.3) is 5.91 Å². The van der Waals surface area contributed by atoms with Gasteiger partial charge in [-0.25, -0.2) is 0 Å². The number of nitrogens with two attached hydrogens (primary N) is 1. The first kappa shape index (κ1) is 23.7. The molecule has 11 nitrogen and oxygen atoms in total. The van der Waals surface area contributed by atoms with E-state index in [0.717, 1.165) is 6.07 Å². The molecule has 7 atom stereocenters. The van der Waals surface area contributed by atoms with Crippen molar-refractivity contribution in [2.45, 2.75) is 31.0 Å². The minimum atomic E-state index is -2.98. The second-order valence-corrected chi connectivity index (χ2v) is 9.43. The number of rotatable bonds is 2. The van der Waals surface area contributed by atoms with Crippen LogP contribution in [0.3, 0.4) is 0 Å². The number of carbonyl (C=O) groups excluding carboxylic acids is 6. The summed E-state index contributed by atoms with van der Waals surface area (Å²) in [5, 5.41) is 32.9. The molecule has 1 aromatic rings. The van der Waals surface area contributed by atoms with E-state index in [1.54, 1.807) is 6.92 Å². The lowest BCUT2D eigenvalue weighted by Crippen LogP contribution is -2.72. The molecule has 3 aliphatic carbocycles. The molecule has 4 rings (SSSR count). The van der Waals surface area contributed by atoms with Gasteiger partial charge in [0.05, 0.1) is 17.6 Å². The van der Waals surface area contributed by atoms with E-state index in [2.05, 4.69) is 0 Å². The van der Waals surface area contributed by atoms with Crippen LogP contribution >= 0.6 is 0 Å². The van der Waals surface area contributed by atoms with Crippen LogP contribution in [0, 0.1) is 23.7 Å². The average molecular weight is 472 g/mol. The number of aliphatic hydroxyl groups excluding tert-OH is 1. The van der Waals surface area contributed by atoms with E-state index in [0.29, 0.717) is 0 Å². The molecule has 2 saturated carbocycles. The minimum absolute atomic E-state index is 0.0853. The van der Waals surface area contributed by atoms with Crippen molar-refractivity contribution < 1.29 is 44.1 Å². The molecule has 5 N–H and O–H groups in total. The van der Waals surface area contributed by atoms with Crippen molar-refractivity contribution in [3.8, 4) is 5.75 Å². The van der Waals surface area contributed by atoms with Crippen LogP contribution in [-0.2, 0) is 19.2 Å². The Balaban J connectivity index is 1.93. The summed E-state index contributed by atoms with van der Waals surface area (Å²) < 4.78 is 0. The molecule has 1 aromatic carbocycles. The zero-order chi connectivity index (χ0) is 25.4. The monoisotopic (exact) mass is 472 g/mol. The van der Waals surface area contributed by atoms with Crippen molar-refractivity contribution in [2.24, 2.45) is 29.4 Å². The molecule has 2 amide bonds. The molecule has 0 aliphatic heterocycles. The third-order valence-electron chi connectivity index (χ3n) is 7.47. The summed E-state index contributed by atoms with van der Waals surface area (Å²) in [6.07, 6.45) is -2.37. The highest BCUT2D eigenvalue weighted by Crippen LogP contribution is 2.54. The molecule has 3 aliphatic rings. The highest BCUT2D eigenvalue weighted by Gasteiger charge is 2.70. The van der Waals surface area contributed by atoms with Crippen LogP contribution in [0.1, 0.15) is 45.5 Å². The Morgan fingerprint density at radius 1 is 1.12 bits per heavy atom. The van der Waals surface area contributed by atoms with Crippen molar-refractivity contribution in [1.82, 2.24) is 4.90 Å². The number of fused-ring (bicyclic) bond motifs is 3. The maximum atomic E-state index is 13.5. The van der Waals surface area contributed by atoms with Gasteiger partial charge in [0, 0.05) is 37.9 Å². The summed E-state index contributed by atoms with van der Waals surface area (Å²) in [6.45, 7) is 1.55. The first-order chi connectivity index (χ1) is 15.8. The van der Waals surface area contributed by atoms with Crippen molar-refractivity contribution in [1.29, 1.82) is 0 Å². The normalized spacial score (nSPS) is 34.7. The summed E-state index contributed by atoms with van der Waals surface area (Å²) in [5.41, 5.74) is 2.07. The second kappa shape index (κ2) is 7.54. The van der Waals surface area contributed by atoms with E-state index in [1.807, 2.05) is 0 Å². The number of primary amides is 1. The summed E-state index contributed by atoms with van der Waals surface area (Å²) in [6, 6.07) is 2.47. The minimum Gasteiger partial charge on any atom is -0.507 e. The highest BCUT2D eigenvalue weighted by molar-refractivity contribution is 6.31. The Hall–Kier alpha value is -3.44. The number of hydrogen-bond donors (Lipinski definition) is 4. The number of phenolic OH excluding ortho intramolecular Hbond substituents is 1. The zero-order valence-electron chi connectivity index (χ0n) is 18.6. The van der Waals surface area contributed by atoms with E-state index < -0.39 is 88.4 Å². The summed E-state index contributed by atoms with van der Waals surface area (Å²) >= 11 is 0. The number of aliphatic hydroxyl groups is 2. The van der Waals surface area contributed by atoms with Crippen LogP contribution in [0.2, 0.25) is 0 Å². The Bertz CT molecular complexity index is 1190. The number of carbonyl (C=O) groups is 6.